The molecule has 0 bridgehead atoms. The predicted molar refractivity (Wildman–Crippen MR) is 35.9 cm³/mol. The van der Waals surface area contributed by atoms with Gasteiger partial charge in [-0.05, 0) is 12.5 Å². The standard InChI is InChI=1S/C5H8O.C2H6/c1-5-2-3-6-4-5;1-2/h2H,3-4H2,1H3;1-2H3. The van der Waals surface area contributed by atoms with Gasteiger partial charge in [-0.2, -0.15) is 0 Å². The highest BCUT2D eigenvalue weighted by atomic mass is 16.5. The lowest BCUT2D eigenvalue weighted by molar-refractivity contribution is 0.208. The molecule has 1 heteroatoms. The van der Waals surface area contributed by atoms with Crippen molar-refractivity contribution in [2.24, 2.45) is 0 Å². The van der Waals surface area contributed by atoms with Crippen molar-refractivity contribution in [3.05, 3.63) is 11.6 Å². The molecule has 1 heterocycles. The number of hydrogen-bond donors (Lipinski definition) is 0. The lowest BCUT2D eigenvalue weighted by Crippen LogP contribution is -1.80. The molecule has 0 aromatic carbocycles. The van der Waals surface area contributed by atoms with Crippen LogP contribution in [0.4, 0.5) is 0 Å². The molecule has 1 aliphatic rings. The van der Waals surface area contributed by atoms with E-state index in [1.165, 1.54) is 5.57 Å². The summed E-state index contributed by atoms with van der Waals surface area (Å²) in [5.41, 5.74) is 1.36. The highest BCUT2D eigenvalue weighted by Gasteiger charge is 1.94. The van der Waals surface area contributed by atoms with Crippen molar-refractivity contribution in [3.8, 4) is 0 Å². The summed E-state index contributed by atoms with van der Waals surface area (Å²) >= 11 is 0. The van der Waals surface area contributed by atoms with Crippen LogP contribution in [0.25, 0.3) is 0 Å². The van der Waals surface area contributed by atoms with Crippen molar-refractivity contribution < 1.29 is 4.74 Å². The zero-order chi connectivity index (χ0) is 6.41. The average Bonchev–Trinajstić information content (AvgIpc) is 2.24. The molecule has 0 amide bonds. The van der Waals surface area contributed by atoms with E-state index in [0.717, 1.165) is 13.2 Å². The maximum Gasteiger partial charge on any atom is 0.0679 e. The first-order valence-electron chi connectivity index (χ1n) is 3.13. The van der Waals surface area contributed by atoms with Crippen molar-refractivity contribution >= 4 is 0 Å². The van der Waals surface area contributed by atoms with E-state index in [-0.39, 0.29) is 0 Å². The van der Waals surface area contributed by atoms with Crippen molar-refractivity contribution in [2.45, 2.75) is 20.8 Å². The topological polar surface area (TPSA) is 9.23 Å². The van der Waals surface area contributed by atoms with Crippen LogP contribution in [0, 0.1) is 0 Å². The summed E-state index contributed by atoms with van der Waals surface area (Å²) in [6.45, 7) is 7.75. The second-order valence-electron chi connectivity index (χ2n) is 1.57. The minimum Gasteiger partial charge on any atom is -0.373 e. The molecule has 0 aromatic heterocycles. The van der Waals surface area contributed by atoms with E-state index in [9.17, 15) is 0 Å². The maximum atomic E-state index is 4.96. The van der Waals surface area contributed by atoms with Gasteiger partial charge in [0.15, 0.2) is 0 Å². The first-order chi connectivity index (χ1) is 3.89. The lowest BCUT2D eigenvalue weighted by Gasteiger charge is -1.83. The van der Waals surface area contributed by atoms with Gasteiger partial charge in [0.1, 0.15) is 0 Å². The van der Waals surface area contributed by atoms with Gasteiger partial charge in [0.2, 0.25) is 0 Å². The monoisotopic (exact) mass is 114 g/mol. The molecule has 0 aromatic rings. The molecular weight excluding hydrogens is 100 g/mol. The van der Waals surface area contributed by atoms with E-state index in [0.29, 0.717) is 0 Å². The Labute approximate surface area is 51.4 Å². The van der Waals surface area contributed by atoms with Crippen LogP contribution in [0.3, 0.4) is 0 Å². The van der Waals surface area contributed by atoms with E-state index < -0.39 is 0 Å². The second-order valence-corrected chi connectivity index (χ2v) is 1.57. The number of rotatable bonds is 0. The summed E-state index contributed by atoms with van der Waals surface area (Å²) in [4.78, 5) is 0. The molecule has 0 N–H and O–H groups in total. The third-order valence-corrected chi connectivity index (χ3v) is 0.879. The molecule has 0 spiro atoms. The molecule has 48 valence electrons. The predicted octanol–water partition coefficient (Wildman–Crippen LogP) is 1.99. The second kappa shape index (κ2) is 4.85. The average molecular weight is 114 g/mol. The van der Waals surface area contributed by atoms with Crippen molar-refractivity contribution in [2.75, 3.05) is 13.2 Å². The Kier molecular flexibility index (Phi) is 4.67. The Morgan fingerprint density at radius 3 is 2.25 bits per heavy atom. The van der Waals surface area contributed by atoms with Crippen LogP contribution in [-0.2, 0) is 4.74 Å². The molecule has 0 unspecified atom stereocenters. The molecule has 0 fully saturated rings. The van der Waals surface area contributed by atoms with Crippen LogP contribution in [0.2, 0.25) is 0 Å². The van der Waals surface area contributed by atoms with Crippen LogP contribution >= 0.6 is 0 Å². The van der Waals surface area contributed by atoms with E-state index >= 15 is 0 Å². The molecule has 0 radical (unpaired) electrons. The minimum atomic E-state index is 0.825. The molecular formula is C7H14O. The SMILES string of the molecule is CC.CC1=CCOC1. The fourth-order valence-corrected chi connectivity index (χ4v) is 0.480. The summed E-state index contributed by atoms with van der Waals surface area (Å²) in [5, 5.41) is 0. The third kappa shape index (κ3) is 2.80. The number of hydrogen-bond acceptors (Lipinski definition) is 1. The summed E-state index contributed by atoms with van der Waals surface area (Å²) in [7, 11) is 0. The summed E-state index contributed by atoms with van der Waals surface area (Å²) in [6, 6.07) is 0. The van der Waals surface area contributed by atoms with E-state index in [1.807, 2.05) is 13.8 Å². The smallest absolute Gasteiger partial charge is 0.0679 e. The van der Waals surface area contributed by atoms with Crippen LogP contribution in [0.1, 0.15) is 20.8 Å². The van der Waals surface area contributed by atoms with Crippen molar-refractivity contribution in [3.63, 3.8) is 0 Å². The van der Waals surface area contributed by atoms with Gasteiger partial charge in [0.05, 0.1) is 13.2 Å². The molecule has 1 nitrogen and oxygen atoms in total. The fourth-order valence-electron chi connectivity index (χ4n) is 0.480. The summed E-state index contributed by atoms with van der Waals surface area (Å²) < 4.78 is 4.96. The van der Waals surface area contributed by atoms with Gasteiger partial charge in [0.25, 0.3) is 0 Å². The highest BCUT2D eigenvalue weighted by Crippen LogP contribution is 1.99. The van der Waals surface area contributed by atoms with E-state index in [1.54, 1.807) is 0 Å². The third-order valence-electron chi connectivity index (χ3n) is 0.879. The van der Waals surface area contributed by atoms with E-state index in [2.05, 4.69) is 13.0 Å². The summed E-state index contributed by atoms with van der Waals surface area (Å²) in [5.74, 6) is 0. The Morgan fingerprint density at radius 2 is 2.12 bits per heavy atom. The molecule has 1 aliphatic heterocycles. The molecule has 0 saturated heterocycles. The Morgan fingerprint density at radius 1 is 1.50 bits per heavy atom. The van der Waals surface area contributed by atoms with Crippen LogP contribution in [0.15, 0.2) is 11.6 Å². The fraction of sp³-hybridized carbons (Fsp3) is 0.714. The van der Waals surface area contributed by atoms with Crippen LogP contribution in [-0.4, -0.2) is 13.2 Å². The van der Waals surface area contributed by atoms with Crippen LogP contribution < -0.4 is 0 Å². The van der Waals surface area contributed by atoms with Crippen molar-refractivity contribution in [1.29, 1.82) is 0 Å². The van der Waals surface area contributed by atoms with Gasteiger partial charge in [0, 0.05) is 0 Å². The van der Waals surface area contributed by atoms with Gasteiger partial charge in [-0.3, -0.25) is 0 Å². The molecule has 0 atom stereocenters. The zero-order valence-electron chi connectivity index (χ0n) is 5.90. The first-order valence-corrected chi connectivity index (χ1v) is 3.13. The first kappa shape index (κ1) is 7.70. The number of ether oxygens (including phenoxy) is 1. The van der Waals surface area contributed by atoms with Gasteiger partial charge in [-0.25, -0.2) is 0 Å². The van der Waals surface area contributed by atoms with Gasteiger partial charge < -0.3 is 4.74 Å². The lowest BCUT2D eigenvalue weighted by atomic mass is 10.3. The molecule has 0 saturated carbocycles. The molecule has 0 aliphatic carbocycles. The normalized spacial score (nSPS) is 16.6. The quantitative estimate of drug-likeness (QED) is 0.437. The Balaban J connectivity index is 0.000000222. The van der Waals surface area contributed by atoms with Gasteiger partial charge in [-0.15, -0.1) is 0 Å². The van der Waals surface area contributed by atoms with Gasteiger partial charge >= 0.3 is 0 Å². The Bertz CT molecular complexity index is 74.5. The zero-order valence-corrected chi connectivity index (χ0v) is 5.90. The highest BCUT2D eigenvalue weighted by molar-refractivity contribution is 5.02. The summed E-state index contributed by atoms with van der Waals surface area (Å²) in [6.07, 6.45) is 2.10. The maximum absolute atomic E-state index is 4.96. The van der Waals surface area contributed by atoms with Gasteiger partial charge in [-0.1, -0.05) is 19.9 Å². The molecule has 8 heavy (non-hydrogen) atoms. The van der Waals surface area contributed by atoms with E-state index in [4.69, 9.17) is 4.74 Å². The van der Waals surface area contributed by atoms with Crippen molar-refractivity contribution in [1.82, 2.24) is 0 Å². The molecule has 1 rings (SSSR count). The largest absolute Gasteiger partial charge is 0.373 e. The Hall–Kier alpha value is -0.300. The minimum absolute atomic E-state index is 0.825. The van der Waals surface area contributed by atoms with Crippen LogP contribution in [0.5, 0.6) is 0 Å².